The SMILES string of the molecule is COc1ccc(C=CC(=O)c2ccc(OCC(O)(Cn3cncn3)c3ccc(Br)cc3)cc2)cc1. The number of allylic oxidation sites excluding steroid dienone is 1. The second-order valence-electron chi connectivity index (χ2n) is 7.92. The Morgan fingerprint density at radius 1 is 1.03 bits per heavy atom. The van der Waals surface area contributed by atoms with E-state index in [1.54, 1.807) is 48.5 Å². The molecule has 4 aromatic rings. The van der Waals surface area contributed by atoms with Crippen LogP contribution in [0.15, 0.2) is 96.0 Å². The van der Waals surface area contributed by atoms with Crippen LogP contribution in [0.2, 0.25) is 0 Å². The number of aliphatic hydroxyl groups is 1. The van der Waals surface area contributed by atoms with E-state index in [-0.39, 0.29) is 18.9 Å². The van der Waals surface area contributed by atoms with E-state index in [4.69, 9.17) is 9.47 Å². The van der Waals surface area contributed by atoms with Crippen LogP contribution >= 0.6 is 15.9 Å². The smallest absolute Gasteiger partial charge is 0.185 e. The Morgan fingerprint density at radius 2 is 1.71 bits per heavy atom. The lowest BCUT2D eigenvalue weighted by atomic mass is 9.94. The number of hydrogen-bond acceptors (Lipinski definition) is 6. The van der Waals surface area contributed by atoms with Gasteiger partial charge in [-0.25, -0.2) is 9.67 Å². The molecule has 35 heavy (non-hydrogen) atoms. The highest BCUT2D eigenvalue weighted by molar-refractivity contribution is 9.10. The van der Waals surface area contributed by atoms with Gasteiger partial charge in [-0.05, 0) is 65.7 Å². The Morgan fingerprint density at radius 3 is 2.34 bits per heavy atom. The molecule has 0 radical (unpaired) electrons. The summed E-state index contributed by atoms with van der Waals surface area (Å²) < 4.78 is 13.5. The molecule has 8 heteroatoms. The number of hydrogen-bond donors (Lipinski definition) is 1. The number of benzene rings is 3. The zero-order valence-electron chi connectivity index (χ0n) is 19.0. The van der Waals surface area contributed by atoms with Crippen LogP contribution in [0.25, 0.3) is 6.08 Å². The maximum absolute atomic E-state index is 12.5. The summed E-state index contributed by atoms with van der Waals surface area (Å²) in [5.41, 5.74) is 0.780. The maximum atomic E-state index is 12.5. The van der Waals surface area contributed by atoms with Crippen molar-refractivity contribution in [1.82, 2.24) is 14.8 Å². The van der Waals surface area contributed by atoms with E-state index < -0.39 is 5.60 Å². The van der Waals surface area contributed by atoms with Gasteiger partial charge in [0.2, 0.25) is 0 Å². The number of methoxy groups -OCH3 is 1. The highest BCUT2D eigenvalue weighted by Crippen LogP contribution is 2.27. The number of ketones is 1. The Bertz CT molecular complexity index is 1270. The molecule has 0 aliphatic carbocycles. The summed E-state index contributed by atoms with van der Waals surface area (Å²) in [6, 6.07) is 21.7. The highest BCUT2D eigenvalue weighted by Gasteiger charge is 2.31. The number of rotatable bonds is 10. The lowest BCUT2D eigenvalue weighted by Gasteiger charge is -2.28. The minimum atomic E-state index is -1.34. The first-order chi connectivity index (χ1) is 16.9. The average Bonchev–Trinajstić information content (AvgIpc) is 3.40. The van der Waals surface area contributed by atoms with E-state index in [2.05, 4.69) is 26.0 Å². The van der Waals surface area contributed by atoms with Gasteiger partial charge in [0.25, 0.3) is 0 Å². The molecule has 4 rings (SSSR count). The standard InChI is InChI=1S/C27H24BrN3O4/c1-34-24-11-2-20(3-12-24)4-15-26(32)21-5-13-25(14-6-21)35-17-27(33,16-31-19-29-18-30-31)22-7-9-23(28)10-8-22/h2-15,18-19,33H,16-17H2,1H3. The Kier molecular flexibility index (Phi) is 7.74. The zero-order valence-corrected chi connectivity index (χ0v) is 20.6. The summed E-state index contributed by atoms with van der Waals surface area (Å²) in [5.74, 6) is 1.18. The van der Waals surface area contributed by atoms with E-state index in [9.17, 15) is 9.90 Å². The fraction of sp³-hybridized carbons (Fsp3) is 0.148. The van der Waals surface area contributed by atoms with Crippen molar-refractivity contribution in [2.75, 3.05) is 13.7 Å². The summed E-state index contributed by atoms with van der Waals surface area (Å²) in [7, 11) is 1.61. The van der Waals surface area contributed by atoms with Gasteiger partial charge in [-0.15, -0.1) is 0 Å². The van der Waals surface area contributed by atoms with E-state index in [0.717, 1.165) is 15.8 Å². The van der Waals surface area contributed by atoms with Crippen molar-refractivity contribution < 1.29 is 19.4 Å². The number of carbonyl (C=O) groups is 1. The van der Waals surface area contributed by atoms with Crippen LogP contribution in [0.4, 0.5) is 0 Å². The Labute approximate surface area is 211 Å². The fourth-order valence-electron chi connectivity index (χ4n) is 3.46. The van der Waals surface area contributed by atoms with Crippen LogP contribution in [-0.2, 0) is 12.1 Å². The molecule has 1 heterocycles. The van der Waals surface area contributed by atoms with Crippen molar-refractivity contribution in [1.29, 1.82) is 0 Å². The molecule has 0 spiro atoms. The lowest BCUT2D eigenvalue weighted by molar-refractivity contribution is -0.0270. The van der Waals surface area contributed by atoms with Crippen LogP contribution in [-0.4, -0.2) is 39.4 Å². The van der Waals surface area contributed by atoms with Gasteiger partial charge in [0, 0.05) is 10.0 Å². The Balaban J connectivity index is 1.42. The largest absolute Gasteiger partial charge is 0.497 e. The van der Waals surface area contributed by atoms with Gasteiger partial charge in [-0.1, -0.05) is 46.3 Å². The van der Waals surface area contributed by atoms with Crippen molar-refractivity contribution in [3.8, 4) is 11.5 Å². The monoisotopic (exact) mass is 533 g/mol. The van der Waals surface area contributed by atoms with Crippen LogP contribution in [0.5, 0.6) is 11.5 Å². The molecule has 0 amide bonds. The highest BCUT2D eigenvalue weighted by atomic mass is 79.9. The van der Waals surface area contributed by atoms with Crippen molar-refractivity contribution in [3.05, 3.63) is 113 Å². The molecule has 1 aromatic heterocycles. The number of nitrogens with zero attached hydrogens (tertiary/aromatic N) is 3. The van der Waals surface area contributed by atoms with Crippen molar-refractivity contribution >= 4 is 27.8 Å². The second-order valence-corrected chi connectivity index (χ2v) is 8.83. The molecule has 7 nitrogen and oxygen atoms in total. The van der Waals surface area contributed by atoms with Crippen LogP contribution in [0.3, 0.4) is 0 Å². The minimum absolute atomic E-state index is 0.0147. The predicted octanol–water partition coefficient (Wildman–Crippen LogP) is 4.91. The first-order valence-corrected chi connectivity index (χ1v) is 11.6. The van der Waals surface area contributed by atoms with Gasteiger partial charge in [-0.3, -0.25) is 4.79 Å². The zero-order chi connectivity index (χ0) is 24.7. The molecule has 1 unspecified atom stereocenters. The average molecular weight is 534 g/mol. The fourth-order valence-corrected chi connectivity index (χ4v) is 3.73. The lowest BCUT2D eigenvalue weighted by Crippen LogP contribution is -2.38. The van der Waals surface area contributed by atoms with Crippen molar-refractivity contribution in [3.63, 3.8) is 0 Å². The molecular weight excluding hydrogens is 510 g/mol. The minimum Gasteiger partial charge on any atom is -0.497 e. The third-order valence-corrected chi connectivity index (χ3v) is 5.96. The summed E-state index contributed by atoms with van der Waals surface area (Å²) in [5, 5.41) is 15.6. The van der Waals surface area contributed by atoms with Gasteiger partial charge < -0.3 is 14.6 Å². The molecule has 0 bridgehead atoms. The van der Waals surface area contributed by atoms with E-state index in [0.29, 0.717) is 16.9 Å². The van der Waals surface area contributed by atoms with Gasteiger partial charge in [0.1, 0.15) is 36.4 Å². The predicted molar refractivity (Wildman–Crippen MR) is 136 cm³/mol. The topological polar surface area (TPSA) is 86.5 Å². The van der Waals surface area contributed by atoms with Crippen LogP contribution in [0, 0.1) is 0 Å². The molecule has 1 atom stereocenters. The van der Waals surface area contributed by atoms with E-state index in [1.165, 1.54) is 12.4 Å². The van der Waals surface area contributed by atoms with Crippen molar-refractivity contribution in [2.24, 2.45) is 0 Å². The number of halogens is 1. The molecule has 178 valence electrons. The van der Waals surface area contributed by atoms with E-state index >= 15 is 0 Å². The Hall–Kier alpha value is -3.75. The number of ether oxygens (including phenoxy) is 2. The normalized spacial score (nSPS) is 12.9. The van der Waals surface area contributed by atoms with Gasteiger partial charge in [0.15, 0.2) is 5.78 Å². The molecule has 0 aliphatic rings. The molecule has 0 fully saturated rings. The van der Waals surface area contributed by atoms with Gasteiger partial charge in [0.05, 0.1) is 13.7 Å². The number of aromatic nitrogens is 3. The second kappa shape index (κ2) is 11.1. The molecule has 0 aliphatic heterocycles. The van der Waals surface area contributed by atoms with Gasteiger partial charge in [-0.2, -0.15) is 5.10 Å². The molecular formula is C27H24BrN3O4. The summed E-state index contributed by atoms with van der Waals surface area (Å²) in [6.07, 6.45) is 6.25. The summed E-state index contributed by atoms with van der Waals surface area (Å²) in [4.78, 5) is 16.5. The third-order valence-electron chi connectivity index (χ3n) is 5.43. The van der Waals surface area contributed by atoms with Crippen LogP contribution < -0.4 is 9.47 Å². The van der Waals surface area contributed by atoms with Crippen LogP contribution in [0.1, 0.15) is 21.5 Å². The third kappa shape index (κ3) is 6.44. The quantitative estimate of drug-likeness (QED) is 0.230. The van der Waals surface area contributed by atoms with Gasteiger partial charge >= 0.3 is 0 Å². The number of carbonyl (C=O) groups excluding carboxylic acids is 1. The van der Waals surface area contributed by atoms with E-state index in [1.807, 2.05) is 48.5 Å². The molecule has 0 saturated heterocycles. The summed E-state index contributed by atoms with van der Waals surface area (Å²) in [6.45, 7) is 0.153. The molecule has 0 saturated carbocycles. The molecule has 1 N–H and O–H groups in total. The first-order valence-electron chi connectivity index (χ1n) is 10.9. The maximum Gasteiger partial charge on any atom is 0.185 e. The summed E-state index contributed by atoms with van der Waals surface area (Å²) >= 11 is 3.42. The molecule has 3 aromatic carbocycles. The van der Waals surface area contributed by atoms with Crippen molar-refractivity contribution in [2.45, 2.75) is 12.1 Å². The first kappa shape index (κ1) is 24.4.